The number of urea groups is 1. The highest BCUT2D eigenvalue weighted by Crippen LogP contribution is 2.33. The zero-order valence-electron chi connectivity index (χ0n) is 17.9. The van der Waals surface area contributed by atoms with Crippen LogP contribution in [0.15, 0.2) is 24.4 Å². The lowest BCUT2D eigenvalue weighted by atomic mass is 10.2. The fourth-order valence-electron chi connectivity index (χ4n) is 3.94. The number of fused-ring (bicyclic) bond motifs is 1. The van der Waals surface area contributed by atoms with Gasteiger partial charge >= 0.3 is 6.03 Å². The van der Waals surface area contributed by atoms with Crippen molar-refractivity contribution in [1.29, 1.82) is 0 Å². The molecule has 0 saturated carbocycles. The second-order valence-electron chi connectivity index (χ2n) is 7.59. The second-order valence-corrected chi connectivity index (χ2v) is 7.59. The average molecular weight is 401 g/mol. The summed E-state index contributed by atoms with van der Waals surface area (Å²) >= 11 is 0. The van der Waals surface area contributed by atoms with E-state index in [1.165, 1.54) is 0 Å². The maximum Gasteiger partial charge on any atom is 0.320 e. The zero-order chi connectivity index (χ0) is 21.0. The summed E-state index contributed by atoms with van der Waals surface area (Å²) in [5.41, 5.74) is 1.19. The van der Waals surface area contributed by atoms with Gasteiger partial charge in [0.25, 0.3) is 5.91 Å². The van der Waals surface area contributed by atoms with Crippen molar-refractivity contribution in [3.05, 3.63) is 35.9 Å². The molecule has 158 valence electrons. The molecule has 1 fully saturated rings. The molecule has 0 aromatic carbocycles. The third-order valence-corrected chi connectivity index (χ3v) is 5.58. The molecular formula is C21H32N6O2. The number of hydrogen-bond donors (Lipinski definition) is 1. The van der Waals surface area contributed by atoms with Gasteiger partial charge in [-0.2, -0.15) is 0 Å². The summed E-state index contributed by atoms with van der Waals surface area (Å²) in [5, 5.41) is 3.00. The number of nitrogens with zero attached hydrogens (tertiary/aromatic N) is 5. The number of aromatic nitrogens is 2. The normalized spacial score (nSPS) is 16.6. The Morgan fingerprint density at radius 3 is 2.69 bits per heavy atom. The van der Waals surface area contributed by atoms with Crippen molar-refractivity contribution in [1.82, 2.24) is 29.4 Å². The van der Waals surface area contributed by atoms with Gasteiger partial charge in [0.2, 0.25) is 0 Å². The number of pyridine rings is 1. The van der Waals surface area contributed by atoms with Crippen molar-refractivity contribution in [3.63, 3.8) is 0 Å². The topological polar surface area (TPSA) is 73.2 Å². The monoisotopic (exact) mass is 400 g/mol. The van der Waals surface area contributed by atoms with E-state index in [2.05, 4.69) is 24.1 Å². The number of rotatable bonds is 7. The van der Waals surface area contributed by atoms with Gasteiger partial charge in [0.1, 0.15) is 5.82 Å². The maximum atomic E-state index is 12.9. The smallest absolute Gasteiger partial charge is 0.320 e. The molecule has 8 heteroatoms. The first kappa shape index (κ1) is 21.1. The molecule has 2 aromatic rings. The summed E-state index contributed by atoms with van der Waals surface area (Å²) in [6.07, 6.45) is 3.69. The quantitative estimate of drug-likeness (QED) is 0.774. The summed E-state index contributed by atoms with van der Waals surface area (Å²) in [4.78, 5) is 35.9. The van der Waals surface area contributed by atoms with Crippen LogP contribution in [0.2, 0.25) is 0 Å². The molecular weight excluding hydrogens is 368 g/mol. The van der Waals surface area contributed by atoms with Gasteiger partial charge < -0.3 is 24.4 Å². The summed E-state index contributed by atoms with van der Waals surface area (Å²) in [7, 11) is 3.52. The number of carbonyl (C=O) groups is 2. The minimum absolute atomic E-state index is 0.0228. The van der Waals surface area contributed by atoms with Crippen LogP contribution in [0, 0.1) is 0 Å². The third kappa shape index (κ3) is 4.37. The molecule has 29 heavy (non-hydrogen) atoms. The predicted octanol–water partition coefficient (Wildman–Crippen LogP) is 2.22. The van der Waals surface area contributed by atoms with Crippen LogP contribution in [0.4, 0.5) is 4.79 Å². The van der Waals surface area contributed by atoms with E-state index < -0.39 is 0 Å². The molecule has 1 atom stereocenters. The fraction of sp³-hybridized carbons (Fsp3) is 0.571. The zero-order valence-corrected chi connectivity index (χ0v) is 17.9. The number of carbonyl (C=O) groups excluding carboxylic acids is 2. The third-order valence-electron chi connectivity index (χ3n) is 5.58. The van der Waals surface area contributed by atoms with Crippen LogP contribution in [-0.4, -0.2) is 82.8 Å². The van der Waals surface area contributed by atoms with Gasteiger partial charge in [-0.15, -0.1) is 0 Å². The van der Waals surface area contributed by atoms with E-state index in [-0.39, 0.29) is 18.0 Å². The molecule has 1 saturated heterocycles. The van der Waals surface area contributed by atoms with Gasteiger partial charge in [-0.1, -0.05) is 19.9 Å². The predicted molar refractivity (Wildman–Crippen MR) is 113 cm³/mol. The van der Waals surface area contributed by atoms with E-state index in [0.717, 1.165) is 43.8 Å². The standard InChI is InChI=1S/C21H32N6O2/c1-5-25(6-2)15-12-22-20(28)18-16-10-7-8-13-26(16)19(23-18)17-11-9-14-27(17)21(29)24(3)4/h7-8,10,13,17H,5-6,9,11-12,14-15H2,1-4H3,(H,22,28)/t17-/m0/s1. The van der Waals surface area contributed by atoms with Gasteiger partial charge in [0, 0.05) is 39.9 Å². The molecule has 1 N–H and O–H groups in total. The van der Waals surface area contributed by atoms with Crippen LogP contribution < -0.4 is 5.32 Å². The van der Waals surface area contributed by atoms with E-state index in [1.54, 1.807) is 19.0 Å². The lowest BCUT2D eigenvalue weighted by Crippen LogP contribution is -2.39. The number of hydrogen-bond acceptors (Lipinski definition) is 4. The lowest BCUT2D eigenvalue weighted by Gasteiger charge is -2.27. The van der Waals surface area contributed by atoms with Crippen molar-refractivity contribution < 1.29 is 9.59 Å². The largest absolute Gasteiger partial charge is 0.349 e. The number of likely N-dealkylation sites (N-methyl/N-ethyl adjacent to an activating group) is 1. The number of nitrogens with one attached hydrogen (secondary N) is 1. The first-order valence-corrected chi connectivity index (χ1v) is 10.4. The highest BCUT2D eigenvalue weighted by molar-refractivity contribution is 5.99. The Labute approximate surface area is 172 Å². The Morgan fingerprint density at radius 1 is 1.24 bits per heavy atom. The molecule has 1 aliphatic rings. The van der Waals surface area contributed by atoms with Crippen molar-refractivity contribution >= 4 is 17.5 Å². The first-order chi connectivity index (χ1) is 14.0. The number of imidazole rings is 1. The molecule has 3 heterocycles. The highest BCUT2D eigenvalue weighted by atomic mass is 16.2. The van der Waals surface area contributed by atoms with Crippen LogP contribution in [0.3, 0.4) is 0 Å². The molecule has 3 rings (SSSR count). The SMILES string of the molecule is CCN(CC)CCNC(=O)c1nc([C@@H]2CCCN2C(=O)N(C)C)n2ccccc12. The van der Waals surface area contributed by atoms with Crippen molar-refractivity contribution in [2.45, 2.75) is 32.7 Å². The average Bonchev–Trinajstić information content (AvgIpc) is 3.35. The van der Waals surface area contributed by atoms with Gasteiger partial charge in [-0.05, 0) is 38.1 Å². The summed E-state index contributed by atoms with van der Waals surface area (Å²) in [6, 6.07) is 5.59. The summed E-state index contributed by atoms with van der Waals surface area (Å²) in [6.45, 7) is 8.24. The van der Waals surface area contributed by atoms with Crippen LogP contribution in [0.5, 0.6) is 0 Å². The molecule has 0 spiro atoms. The minimum atomic E-state index is -0.171. The lowest BCUT2D eigenvalue weighted by molar-refractivity contribution is 0.0946. The van der Waals surface area contributed by atoms with Gasteiger partial charge in [0.05, 0.1) is 11.6 Å². The second kappa shape index (κ2) is 9.26. The van der Waals surface area contributed by atoms with Crippen molar-refractivity contribution in [3.8, 4) is 0 Å². The van der Waals surface area contributed by atoms with Gasteiger partial charge in [-0.25, -0.2) is 9.78 Å². The molecule has 3 amide bonds. The van der Waals surface area contributed by atoms with E-state index in [4.69, 9.17) is 4.98 Å². The maximum absolute atomic E-state index is 12.9. The minimum Gasteiger partial charge on any atom is -0.349 e. The molecule has 0 unspecified atom stereocenters. The molecule has 0 radical (unpaired) electrons. The molecule has 0 aliphatic carbocycles. The number of likely N-dealkylation sites (tertiary alicyclic amines) is 1. The molecule has 1 aliphatic heterocycles. The first-order valence-electron chi connectivity index (χ1n) is 10.4. The van der Waals surface area contributed by atoms with Crippen LogP contribution >= 0.6 is 0 Å². The summed E-state index contributed by atoms with van der Waals surface area (Å²) in [5.74, 6) is 0.581. The Balaban J connectivity index is 1.85. The van der Waals surface area contributed by atoms with Crippen molar-refractivity contribution in [2.75, 3.05) is 46.8 Å². The van der Waals surface area contributed by atoms with E-state index in [1.807, 2.05) is 33.7 Å². The fourth-order valence-corrected chi connectivity index (χ4v) is 3.94. The Morgan fingerprint density at radius 2 is 2.00 bits per heavy atom. The summed E-state index contributed by atoms with van der Waals surface area (Å²) < 4.78 is 1.95. The van der Waals surface area contributed by atoms with Crippen LogP contribution in [0.25, 0.3) is 5.52 Å². The Kier molecular flexibility index (Phi) is 6.74. The van der Waals surface area contributed by atoms with Crippen molar-refractivity contribution in [2.24, 2.45) is 0 Å². The van der Waals surface area contributed by atoms with E-state index >= 15 is 0 Å². The molecule has 8 nitrogen and oxygen atoms in total. The van der Waals surface area contributed by atoms with Gasteiger partial charge in [0.15, 0.2) is 5.69 Å². The highest BCUT2D eigenvalue weighted by Gasteiger charge is 2.34. The van der Waals surface area contributed by atoms with E-state index in [0.29, 0.717) is 18.8 Å². The van der Waals surface area contributed by atoms with E-state index in [9.17, 15) is 9.59 Å². The molecule has 0 bridgehead atoms. The number of amides is 3. The molecule has 2 aromatic heterocycles. The van der Waals surface area contributed by atoms with Gasteiger partial charge in [-0.3, -0.25) is 4.79 Å². The Hall–Kier alpha value is -2.61. The Bertz CT molecular complexity index is 858. The van der Waals surface area contributed by atoms with Crippen LogP contribution in [-0.2, 0) is 0 Å². The van der Waals surface area contributed by atoms with Crippen LogP contribution in [0.1, 0.15) is 49.0 Å².